The molecule has 3 rings (SSSR count). The maximum atomic E-state index is 5.53. The van der Waals surface area contributed by atoms with Crippen LogP contribution in [0.25, 0.3) is 0 Å². The summed E-state index contributed by atoms with van der Waals surface area (Å²) in [5, 5.41) is 5.62. The fourth-order valence-electron chi connectivity index (χ4n) is 2.81. The average molecular weight is 332 g/mol. The number of benzene rings is 1. The zero-order valence-electron chi connectivity index (χ0n) is 13.6. The second kappa shape index (κ2) is 8.45. The van der Waals surface area contributed by atoms with Crippen LogP contribution in [0.3, 0.4) is 0 Å². The van der Waals surface area contributed by atoms with Gasteiger partial charge in [0.05, 0.1) is 20.3 Å². The molecule has 4 nitrogen and oxygen atoms in total. The van der Waals surface area contributed by atoms with Gasteiger partial charge >= 0.3 is 0 Å². The Morgan fingerprint density at radius 3 is 2.83 bits per heavy atom. The van der Waals surface area contributed by atoms with E-state index in [1.165, 1.54) is 16.0 Å². The van der Waals surface area contributed by atoms with E-state index >= 15 is 0 Å². The zero-order valence-corrected chi connectivity index (χ0v) is 14.4. The third-order valence-corrected chi connectivity index (χ3v) is 4.93. The van der Waals surface area contributed by atoms with E-state index in [0.717, 1.165) is 51.7 Å². The molecule has 0 saturated carbocycles. The minimum Gasteiger partial charge on any atom is -0.496 e. The van der Waals surface area contributed by atoms with E-state index < -0.39 is 0 Å². The summed E-state index contributed by atoms with van der Waals surface area (Å²) in [6, 6.07) is 10.7. The van der Waals surface area contributed by atoms with Gasteiger partial charge in [0, 0.05) is 43.2 Å². The molecule has 0 bridgehead atoms. The van der Waals surface area contributed by atoms with Crippen molar-refractivity contribution in [3.63, 3.8) is 0 Å². The number of hydrogen-bond donors (Lipinski definition) is 1. The molecule has 1 N–H and O–H groups in total. The first kappa shape index (κ1) is 16.5. The van der Waals surface area contributed by atoms with Gasteiger partial charge < -0.3 is 14.8 Å². The molecule has 1 saturated heterocycles. The van der Waals surface area contributed by atoms with Crippen molar-refractivity contribution in [3.05, 3.63) is 51.7 Å². The Kier molecular flexibility index (Phi) is 6.05. The molecule has 124 valence electrons. The van der Waals surface area contributed by atoms with Crippen LogP contribution in [0, 0.1) is 0 Å². The second-order valence-corrected chi connectivity index (χ2v) is 6.75. The van der Waals surface area contributed by atoms with Crippen molar-refractivity contribution in [3.8, 4) is 5.75 Å². The van der Waals surface area contributed by atoms with Crippen molar-refractivity contribution in [2.45, 2.75) is 19.6 Å². The van der Waals surface area contributed by atoms with E-state index in [1.807, 2.05) is 0 Å². The van der Waals surface area contributed by atoms with Crippen LogP contribution in [0.15, 0.2) is 35.7 Å². The summed E-state index contributed by atoms with van der Waals surface area (Å²) in [5.74, 6) is 0.971. The first-order valence-electron chi connectivity index (χ1n) is 8.04. The summed E-state index contributed by atoms with van der Waals surface area (Å²) in [5.41, 5.74) is 2.55. The number of thiophene rings is 1. The van der Waals surface area contributed by atoms with E-state index in [1.54, 1.807) is 18.4 Å². The van der Waals surface area contributed by atoms with Crippen molar-refractivity contribution in [1.29, 1.82) is 0 Å². The number of rotatable bonds is 7. The van der Waals surface area contributed by atoms with Crippen LogP contribution in [0.1, 0.15) is 16.0 Å². The monoisotopic (exact) mass is 332 g/mol. The number of hydrogen-bond acceptors (Lipinski definition) is 5. The van der Waals surface area contributed by atoms with Gasteiger partial charge in [-0.1, -0.05) is 12.1 Å². The number of ether oxygens (including phenoxy) is 2. The normalized spacial score (nSPS) is 15.7. The van der Waals surface area contributed by atoms with Crippen molar-refractivity contribution in [2.24, 2.45) is 0 Å². The Balaban J connectivity index is 1.60. The summed E-state index contributed by atoms with van der Waals surface area (Å²) in [6.07, 6.45) is 0. The first-order valence-corrected chi connectivity index (χ1v) is 8.92. The molecule has 5 heteroatoms. The molecular weight excluding hydrogens is 308 g/mol. The van der Waals surface area contributed by atoms with Crippen LogP contribution < -0.4 is 10.1 Å². The smallest absolute Gasteiger partial charge is 0.123 e. The highest BCUT2D eigenvalue weighted by molar-refractivity contribution is 7.09. The molecule has 0 amide bonds. The number of methoxy groups -OCH3 is 1. The topological polar surface area (TPSA) is 33.7 Å². The van der Waals surface area contributed by atoms with Crippen LogP contribution in [0.5, 0.6) is 5.75 Å². The van der Waals surface area contributed by atoms with Gasteiger partial charge in [-0.25, -0.2) is 0 Å². The lowest BCUT2D eigenvalue weighted by atomic mass is 10.1. The fourth-order valence-corrected chi connectivity index (χ4v) is 3.48. The third kappa shape index (κ3) is 4.78. The SMILES string of the molecule is COc1ccc(CNCc2cccs2)cc1CN1CCOCC1. The Labute approximate surface area is 142 Å². The minimum atomic E-state index is 0.824. The minimum absolute atomic E-state index is 0.824. The molecule has 23 heavy (non-hydrogen) atoms. The largest absolute Gasteiger partial charge is 0.496 e. The lowest BCUT2D eigenvalue weighted by Crippen LogP contribution is -2.35. The van der Waals surface area contributed by atoms with Gasteiger partial charge in [0.1, 0.15) is 5.75 Å². The van der Waals surface area contributed by atoms with Gasteiger partial charge in [-0.15, -0.1) is 11.3 Å². The summed E-state index contributed by atoms with van der Waals surface area (Å²) < 4.78 is 11.0. The van der Waals surface area contributed by atoms with Crippen molar-refractivity contribution in [2.75, 3.05) is 33.4 Å². The van der Waals surface area contributed by atoms with Crippen LogP contribution in [-0.4, -0.2) is 38.3 Å². The predicted molar refractivity (Wildman–Crippen MR) is 94.0 cm³/mol. The summed E-state index contributed by atoms with van der Waals surface area (Å²) in [6.45, 7) is 6.34. The fraction of sp³-hybridized carbons (Fsp3) is 0.444. The summed E-state index contributed by atoms with van der Waals surface area (Å²) in [7, 11) is 1.74. The van der Waals surface area contributed by atoms with Gasteiger partial charge in [-0.05, 0) is 29.1 Å². The molecule has 1 fully saturated rings. The number of nitrogens with zero attached hydrogens (tertiary/aromatic N) is 1. The van der Waals surface area contributed by atoms with E-state index in [9.17, 15) is 0 Å². The zero-order chi connectivity index (χ0) is 15.9. The molecule has 2 aromatic rings. The second-order valence-electron chi connectivity index (χ2n) is 5.72. The van der Waals surface area contributed by atoms with E-state index in [0.29, 0.717) is 0 Å². The van der Waals surface area contributed by atoms with E-state index in [-0.39, 0.29) is 0 Å². The Morgan fingerprint density at radius 1 is 1.22 bits per heavy atom. The molecule has 1 aliphatic rings. The molecule has 0 radical (unpaired) electrons. The average Bonchev–Trinajstić information content (AvgIpc) is 3.09. The Bertz CT molecular complexity index is 595. The van der Waals surface area contributed by atoms with Gasteiger partial charge in [0.2, 0.25) is 0 Å². The van der Waals surface area contributed by atoms with Gasteiger partial charge in [0.15, 0.2) is 0 Å². The van der Waals surface area contributed by atoms with Crippen molar-refractivity contribution in [1.82, 2.24) is 10.2 Å². The molecule has 0 unspecified atom stereocenters. The maximum absolute atomic E-state index is 5.53. The number of nitrogens with one attached hydrogen (secondary N) is 1. The highest BCUT2D eigenvalue weighted by atomic mass is 32.1. The van der Waals surface area contributed by atoms with Gasteiger partial charge in [0.25, 0.3) is 0 Å². The number of morpholine rings is 1. The molecule has 1 aliphatic heterocycles. The predicted octanol–water partition coefficient (Wildman–Crippen LogP) is 2.88. The van der Waals surface area contributed by atoms with Crippen molar-refractivity contribution < 1.29 is 9.47 Å². The van der Waals surface area contributed by atoms with Gasteiger partial charge in [-0.3, -0.25) is 4.90 Å². The van der Waals surface area contributed by atoms with E-state index in [2.05, 4.69) is 45.9 Å². The van der Waals surface area contributed by atoms with Crippen molar-refractivity contribution >= 4 is 11.3 Å². The molecule has 0 spiro atoms. The molecule has 1 aromatic carbocycles. The molecular formula is C18H24N2O2S. The van der Waals surface area contributed by atoms with Gasteiger partial charge in [-0.2, -0.15) is 0 Å². The summed E-state index contributed by atoms with van der Waals surface area (Å²) in [4.78, 5) is 3.79. The highest BCUT2D eigenvalue weighted by Crippen LogP contribution is 2.22. The molecule has 0 aliphatic carbocycles. The molecule has 0 atom stereocenters. The lowest BCUT2D eigenvalue weighted by Gasteiger charge is -2.27. The first-order chi connectivity index (χ1) is 11.3. The van der Waals surface area contributed by atoms with Crippen LogP contribution >= 0.6 is 11.3 Å². The third-order valence-electron chi connectivity index (χ3n) is 4.05. The quantitative estimate of drug-likeness (QED) is 0.845. The molecule has 2 heterocycles. The lowest BCUT2D eigenvalue weighted by molar-refractivity contribution is 0.0339. The molecule has 1 aromatic heterocycles. The Morgan fingerprint density at radius 2 is 2.09 bits per heavy atom. The Hall–Kier alpha value is -1.40. The van der Waals surface area contributed by atoms with Crippen LogP contribution in [0.4, 0.5) is 0 Å². The highest BCUT2D eigenvalue weighted by Gasteiger charge is 2.13. The van der Waals surface area contributed by atoms with Crippen LogP contribution in [0.2, 0.25) is 0 Å². The summed E-state index contributed by atoms with van der Waals surface area (Å²) >= 11 is 1.79. The van der Waals surface area contributed by atoms with E-state index in [4.69, 9.17) is 9.47 Å². The maximum Gasteiger partial charge on any atom is 0.123 e. The standard InChI is InChI=1S/C18H24N2O2S/c1-21-18-5-4-15(12-19-13-17-3-2-10-23-17)11-16(18)14-20-6-8-22-9-7-20/h2-5,10-11,19H,6-9,12-14H2,1H3. The van der Waals surface area contributed by atoms with Crippen LogP contribution in [-0.2, 0) is 24.4 Å².